The van der Waals surface area contributed by atoms with E-state index < -0.39 is 0 Å². The van der Waals surface area contributed by atoms with Gasteiger partial charge in [0.2, 0.25) is 0 Å². The summed E-state index contributed by atoms with van der Waals surface area (Å²) in [6, 6.07) is 1.83. The molecule has 0 aromatic carbocycles. The molecule has 102 valence electrons. The zero-order chi connectivity index (χ0) is 13.6. The second-order valence-electron chi connectivity index (χ2n) is 5.01. The molecular formula is C12H21N3O3. The van der Waals surface area contributed by atoms with Crippen molar-refractivity contribution < 1.29 is 14.3 Å². The van der Waals surface area contributed by atoms with Crippen molar-refractivity contribution >= 4 is 11.7 Å². The van der Waals surface area contributed by atoms with Crippen LogP contribution in [0, 0.1) is 0 Å². The van der Waals surface area contributed by atoms with E-state index in [0.29, 0.717) is 19.0 Å². The summed E-state index contributed by atoms with van der Waals surface area (Å²) in [6.07, 6.45) is 0. The number of hydrogen-bond donors (Lipinski definition) is 2. The highest BCUT2D eigenvalue weighted by atomic mass is 16.5. The number of anilines is 1. The van der Waals surface area contributed by atoms with Gasteiger partial charge < -0.3 is 14.8 Å². The molecule has 0 atom stereocenters. The number of aromatic amines is 1. The number of nitrogens with zero attached hydrogens (tertiary/aromatic N) is 1. The van der Waals surface area contributed by atoms with E-state index >= 15 is 0 Å². The zero-order valence-electron chi connectivity index (χ0n) is 11.4. The summed E-state index contributed by atoms with van der Waals surface area (Å²) in [5, 5.41) is 9.60. The third-order valence-corrected chi connectivity index (χ3v) is 2.32. The van der Waals surface area contributed by atoms with Crippen molar-refractivity contribution in [3.63, 3.8) is 0 Å². The molecule has 1 aromatic rings. The molecule has 1 heterocycles. The fourth-order valence-corrected chi connectivity index (χ4v) is 1.26. The first-order valence-electron chi connectivity index (χ1n) is 5.86. The van der Waals surface area contributed by atoms with E-state index in [1.165, 1.54) is 0 Å². The second-order valence-corrected chi connectivity index (χ2v) is 5.01. The average molecular weight is 255 g/mol. The Morgan fingerprint density at radius 1 is 1.44 bits per heavy atom. The number of nitrogens with one attached hydrogen (secondary N) is 2. The Morgan fingerprint density at radius 2 is 2.17 bits per heavy atom. The van der Waals surface area contributed by atoms with E-state index in [1.54, 1.807) is 7.11 Å². The zero-order valence-corrected chi connectivity index (χ0v) is 11.4. The molecule has 6 heteroatoms. The van der Waals surface area contributed by atoms with E-state index in [2.05, 4.69) is 36.3 Å². The largest absolute Gasteiger partial charge is 0.382 e. The highest BCUT2D eigenvalue weighted by Gasteiger charge is 2.17. The van der Waals surface area contributed by atoms with Crippen LogP contribution in [0.15, 0.2) is 6.07 Å². The van der Waals surface area contributed by atoms with Crippen molar-refractivity contribution in [1.29, 1.82) is 0 Å². The van der Waals surface area contributed by atoms with E-state index in [9.17, 15) is 4.79 Å². The quantitative estimate of drug-likeness (QED) is 0.751. The van der Waals surface area contributed by atoms with E-state index in [1.807, 2.05) is 6.07 Å². The monoisotopic (exact) mass is 255 g/mol. The third kappa shape index (κ3) is 4.85. The van der Waals surface area contributed by atoms with Crippen LogP contribution < -0.4 is 5.32 Å². The summed E-state index contributed by atoms with van der Waals surface area (Å²) in [6.45, 7) is 7.09. The van der Waals surface area contributed by atoms with Crippen molar-refractivity contribution in [2.24, 2.45) is 0 Å². The molecule has 0 spiro atoms. The molecule has 2 N–H and O–H groups in total. The predicted molar refractivity (Wildman–Crippen MR) is 68.6 cm³/mol. The molecule has 18 heavy (non-hydrogen) atoms. The van der Waals surface area contributed by atoms with Gasteiger partial charge in [0.15, 0.2) is 5.82 Å². The number of H-pyrrole nitrogens is 1. The van der Waals surface area contributed by atoms with Crippen molar-refractivity contribution in [2.45, 2.75) is 26.2 Å². The lowest BCUT2D eigenvalue weighted by molar-refractivity contribution is -0.121. The van der Waals surface area contributed by atoms with Gasteiger partial charge in [-0.25, -0.2) is 0 Å². The molecular weight excluding hydrogens is 234 g/mol. The highest BCUT2D eigenvalue weighted by molar-refractivity contribution is 5.90. The van der Waals surface area contributed by atoms with Crippen molar-refractivity contribution in [3.05, 3.63) is 11.8 Å². The number of rotatable bonds is 6. The molecule has 0 aliphatic rings. The Hall–Kier alpha value is -1.40. The minimum atomic E-state index is -0.224. The van der Waals surface area contributed by atoms with Gasteiger partial charge in [0.05, 0.1) is 13.2 Å². The van der Waals surface area contributed by atoms with Crippen LogP contribution in [0.2, 0.25) is 0 Å². The molecule has 0 fully saturated rings. The Morgan fingerprint density at radius 3 is 2.72 bits per heavy atom. The molecule has 0 aliphatic heterocycles. The molecule has 0 radical (unpaired) electrons. The van der Waals surface area contributed by atoms with Crippen LogP contribution in [0.4, 0.5) is 5.82 Å². The maximum absolute atomic E-state index is 11.5. The minimum absolute atomic E-state index is 0.00106. The SMILES string of the molecule is COCCOCC(=O)Nc1cc(C(C)(C)C)[nH]n1. The van der Waals surface area contributed by atoms with Crippen molar-refractivity contribution in [1.82, 2.24) is 10.2 Å². The maximum atomic E-state index is 11.5. The van der Waals surface area contributed by atoms with Gasteiger partial charge in [-0.1, -0.05) is 20.8 Å². The summed E-state index contributed by atoms with van der Waals surface area (Å²) in [5.41, 5.74) is 0.948. The van der Waals surface area contributed by atoms with Gasteiger partial charge in [-0.3, -0.25) is 9.89 Å². The van der Waals surface area contributed by atoms with E-state index in [4.69, 9.17) is 9.47 Å². The lowest BCUT2D eigenvalue weighted by Crippen LogP contribution is -2.19. The van der Waals surface area contributed by atoms with E-state index in [0.717, 1.165) is 5.69 Å². The highest BCUT2D eigenvalue weighted by Crippen LogP contribution is 2.21. The van der Waals surface area contributed by atoms with Crippen LogP contribution in [0.1, 0.15) is 26.5 Å². The van der Waals surface area contributed by atoms with Crippen LogP contribution in [-0.2, 0) is 19.7 Å². The number of ether oxygens (including phenoxy) is 2. The second kappa shape index (κ2) is 6.51. The molecule has 1 aromatic heterocycles. The Bertz CT molecular complexity index is 382. The molecule has 1 rings (SSSR count). The van der Waals surface area contributed by atoms with Crippen LogP contribution >= 0.6 is 0 Å². The molecule has 6 nitrogen and oxygen atoms in total. The number of aromatic nitrogens is 2. The van der Waals surface area contributed by atoms with Gasteiger partial charge in [-0.2, -0.15) is 5.10 Å². The fourth-order valence-electron chi connectivity index (χ4n) is 1.26. The first-order valence-corrected chi connectivity index (χ1v) is 5.86. The van der Waals surface area contributed by atoms with Crippen molar-refractivity contribution in [2.75, 3.05) is 32.2 Å². The summed E-state index contributed by atoms with van der Waals surface area (Å²) in [7, 11) is 1.58. The average Bonchev–Trinajstić information content (AvgIpc) is 2.72. The Kier molecular flexibility index (Phi) is 5.30. The summed E-state index contributed by atoms with van der Waals surface area (Å²) in [4.78, 5) is 11.5. The Labute approximate surface area is 107 Å². The molecule has 0 aliphatic carbocycles. The molecule has 0 saturated carbocycles. The Balaban J connectivity index is 2.38. The van der Waals surface area contributed by atoms with Gasteiger partial charge in [-0.05, 0) is 0 Å². The van der Waals surface area contributed by atoms with Gasteiger partial charge in [0.1, 0.15) is 6.61 Å². The first-order chi connectivity index (χ1) is 8.43. The summed E-state index contributed by atoms with van der Waals surface area (Å²) in [5.74, 6) is 0.290. The number of carbonyl (C=O) groups is 1. The molecule has 1 amide bonds. The number of hydrogen-bond acceptors (Lipinski definition) is 4. The van der Waals surface area contributed by atoms with Crippen LogP contribution in [-0.4, -0.2) is 43.0 Å². The van der Waals surface area contributed by atoms with Crippen LogP contribution in [0.25, 0.3) is 0 Å². The summed E-state index contributed by atoms with van der Waals surface area (Å²) < 4.78 is 9.92. The lowest BCUT2D eigenvalue weighted by atomic mass is 9.92. The van der Waals surface area contributed by atoms with Gasteiger partial charge in [0, 0.05) is 24.3 Å². The maximum Gasteiger partial charge on any atom is 0.251 e. The van der Waals surface area contributed by atoms with Gasteiger partial charge in [-0.15, -0.1) is 0 Å². The van der Waals surface area contributed by atoms with Crippen LogP contribution in [0.5, 0.6) is 0 Å². The first kappa shape index (κ1) is 14.7. The number of methoxy groups -OCH3 is 1. The van der Waals surface area contributed by atoms with Gasteiger partial charge in [0.25, 0.3) is 5.91 Å². The lowest BCUT2D eigenvalue weighted by Gasteiger charge is -2.14. The standard InChI is InChI=1S/C12H21N3O3/c1-12(2,3)9-7-10(15-14-9)13-11(16)8-18-6-5-17-4/h7H,5-6,8H2,1-4H3,(H2,13,14,15,16). The van der Waals surface area contributed by atoms with Gasteiger partial charge >= 0.3 is 0 Å². The molecule has 0 saturated heterocycles. The smallest absolute Gasteiger partial charge is 0.251 e. The third-order valence-electron chi connectivity index (χ3n) is 2.32. The summed E-state index contributed by atoms with van der Waals surface area (Å²) >= 11 is 0. The van der Waals surface area contributed by atoms with E-state index in [-0.39, 0.29) is 17.9 Å². The number of amides is 1. The molecule has 0 bridgehead atoms. The normalized spacial score (nSPS) is 11.6. The fraction of sp³-hybridized carbons (Fsp3) is 0.667. The minimum Gasteiger partial charge on any atom is -0.382 e. The topological polar surface area (TPSA) is 76.2 Å². The predicted octanol–water partition coefficient (Wildman–Crippen LogP) is 1.31. The van der Waals surface area contributed by atoms with Crippen molar-refractivity contribution in [3.8, 4) is 0 Å². The van der Waals surface area contributed by atoms with Crippen LogP contribution in [0.3, 0.4) is 0 Å². The number of carbonyl (C=O) groups excluding carboxylic acids is 1. The molecule has 0 unspecified atom stereocenters.